The Morgan fingerprint density at radius 1 is 1.11 bits per heavy atom. The molecular weight excluding hydrogens is 338 g/mol. The normalized spacial score (nSPS) is 16.9. The molecular formula is C21H23N5O. The predicted molar refractivity (Wildman–Crippen MR) is 106 cm³/mol. The zero-order valence-corrected chi connectivity index (χ0v) is 15.2. The number of anilines is 1. The lowest BCUT2D eigenvalue weighted by Gasteiger charge is -2.34. The predicted octanol–water partition coefficient (Wildman–Crippen LogP) is 2.81. The molecule has 1 saturated heterocycles. The average molecular weight is 361 g/mol. The maximum absolute atomic E-state index is 12.8. The Balaban J connectivity index is 0.00000225. The standard InChI is InChI=1S/C21H21N5O.H2/c1-15-17(8-5-10-22-15)20(27)21-24-11-9-19(25-21)26-13-12-23-18(14-26)16-6-3-2-4-7-16;/h2-11,18,23H,12-14H2,1H3;1H. The molecule has 1 aliphatic rings. The molecule has 1 fully saturated rings. The summed E-state index contributed by atoms with van der Waals surface area (Å²) in [6.45, 7) is 4.30. The summed E-state index contributed by atoms with van der Waals surface area (Å²) in [6.07, 6.45) is 3.33. The highest BCUT2D eigenvalue weighted by Crippen LogP contribution is 2.21. The summed E-state index contributed by atoms with van der Waals surface area (Å²) in [4.78, 5) is 27.9. The molecule has 1 aromatic carbocycles. The Morgan fingerprint density at radius 3 is 2.78 bits per heavy atom. The lowest BCUT2D eigenvalue weighted by atomic mass is 10.0. The first kappa shape index (κ1) is 17.3. The molecule has 0 radical (unpaired) electrons. The van der Waals surface area contributed by atoms with Gasteiger partial charge in [-0.2, -0.15) is 0 Å². The van der Waals surface area contributed by atoms with Crippen molar-refractivity contribution in [2.75, 3.05) is 24.5 Å². The zero-order chi connectivity index (χ0) is 18.6. The third-order valence-corrected chi connectivity index (χ3v) is 4.80. The second kappa shape index (κ2) is 7.63. The second-order valence-corrected chi connectivity index (χ2v) is 6.57. The summed E-state index contributed by atoms with van der Waals surface area (Å²) >= 11 is 0. The van der Waals surface area contributed by atoms with Crippen LogP contribution in [0.4, 0.5) is 5.82 Å². The number of nitrogens with zero attached hydrogens (tertiary/aromatic N) is 4. The van der Waals surface area contributed by atoms with Gasteiger partial charge in [-0.05, 0) is 30.7 Å². The van der Waals surface area contributed by atoms with Crippen LogP contribution in [-0.4, -0.2) is 40.4 Å². The molecule has 1 unspecified atom stereocenters. The largest absolute Gasteiger partial charge is 0.353 e. The van der Waals surface area contributed by atoms with E-state index < -0.39 is 0 Å². The van der Waals surface area contributed by atoms with Gasteiger partial charge < -0.3 is 10.2 Å². The van der Waals surface area contributed by atoms with Crippen LogP contribution in [0.5, 0.6) is 0 Å². The maximum Gasteiger partial charge on any atom is 0.232 e. The van der Waals surface area contributed by atoms with Crippen molar-refractivity contribution in [3.63, 3.8) is 0 Å². The van der Waals surface area contributed by atoms with E-state index in [4.69, 9.17) is 0 Å². The van der Waals surface area contributed by atoms with Gasteiger partial charge in [0.05, 0.1) is 0 Å². The minimum absolute atomic E-state index is 0. The van der Waals surface area contributed by atoms with Gasteiger partial charge >= 0.3 is 0 Å². The molecule has 6 nitrogen and oxygen atoms in total. The van der Waals surface area contributed by atoms with Gasteiger partial charge in [0.1, 0.15) is 5.82 Å². The fraction of sp³-hybridized carbons (Fsp3) is 0.238. The number of benzene rings is 1. The van der Waals surface area contributed by atoms with E-state index in [1.807, 2.05) is 31.2 Å². The first-order valence-corrected chi connectivity index (χ1v) is 9.05. The Labute approximate surface area is 159 Å². The van der Waals surface area contributed by atoms with Crippen LogP contribution >= 0.6 is 0 Å². The van der Waals surface area contributed by atoms with Crippen molar-refractivity contribution in [3.05, 3.63) is 83.6 Å². The summed E-state index contributed by atoms with van der Waals surface area (Å²) < 4.78 is 0. The van der Waals surface area contributed by atoms with E-state index in [0.29, 0.717) is 11.3 Å². The van der Waals surface area contributed by atoms with Crippen LogP contribution in [0.1, 0.15) is 34.9 Å². The molecule has 0 saturated carbocycles. The van der Waals surface area contributed by atoms with Crippen molar-refractivity contribution in [3.8, 4) is 0 Å². The first-order chi connectivity index (χ1) is 13.2. The van der Waals surface area contributed by atoms with Gasteiger partial charge in [-0.3, -0.25) is 9.78 Å². The molecule has 3 aromatic rings. The van der Waals surface area contributed by atoms with Crippen molar-refractivity contribution in [1.82, 2.24) is 20.3 Å². The quantitative estimate of drug-likeness (QED) is 0.721. The van der Waals surface area contributed by atoms with Gasteiger partial charge in [0.2, 0.25) is 11.6 Å². The van der Waals surface area contributed by atoms with E-state index >= 15 is 0 Å². The molecule has 0 amide bonds. The number of hydrogen-bond donors (Lipinski definition) is 1. The Kier molecular flexibility index (Phi) is 4.89. The first-order valence-electron chi connectivity index (χ1n) is 9.05. The molecule has 0 aliphatic carbocycles. The van der Waals surface area contributed by atoms with Crippen molar-refractivity contribution < 1.29 is 6.22 Å². The Bertz CT molecular complexity index is 950. The fourth-order valence-electron chi connectivity index (χ4n) is 3.35. The van der Waals surface area contributed by atoms with Crippen LogP contribution in [0, 0.1) is 6.92 Å². The molecule has 1 N–H and O–H groups in total. The zero-order valence-electron chi connectivity index (χ0n) is 15.2. The van der Waals surface area contributed by atoms with E-state index in [2.05, 4.69) is 37.3 Å². The SMILES string of the molecule is Cc1ncccc1C(=O)c1nccc(N2CCNC(c3ccccc3)C2)n1.[HH]. The van der Waals surface area contributed by atoms with Crippen LogP contribution in [0.3, 0.4) is 0 Å². The Hall–Kier alpha value is -3.12. The molecule has 0 spiro atoms. The highest BCUT2D eigenvalue weighted by molar-refractivity contribution is 6.07. The monoisotopic (exact) mass is 361 g/mol. The van der Waals surface area contributed by atoms with E-state index in [0.717, 1.165) is 25.5 Å². The Morgan fingerprint density at radius 2 is 1.96 bits per heavy atom. The van der Waals surface area contributed by atoms with Crippen LogP contribution in [-0.2, 0) is 0 Å². The molecule has 0 bridgehead atoms. The van der Waals surface area contributed by atoms with Crippen molar-refractivity contribution in [2.24, 2.45) is 0 Å². The maximum atomic E-state index is 12.8. The minimum Gasteiger partial charge on any atom is -0.353 e. The molecule has 4 rings (SSSR count). The fourth-order valence-corrected chi connectivity index (χ4v) is 3.35. The van der Waals surface area contributed by atoms with E-state index in [-0.39, 0.29) is 19.1 Å². The number of piperazine rings is 1. The van der Waals surface area contributed by atoms with Crippen LogP contribution in [0.15, 0.2) is 60.9 Å². The smallest absolute Gasteiger partial charge is 0.232 e. The lowest BCUT2D eigenvalue weighted by molar-refractivity contribution is 0.102. The van der Waals surface area contributed by atoms with Crippen LogP contribution in [0.25, 0.3) is 0 Å². The van der Waals surface area contributed by atoms with Gasteiger partial charge in [-0.1, -0.05) is 30.3 Å². The number of carbonyl (C=O) groups is 1. The highest BCUT2D eigenvalue weighted by Gasteiger charge is 2.23. The number of nitrogens with one attached hydrogen (secondary N) is 1. The third kappa shape index (κ3) is 3.71. The summed E-state index contributed by atoms with van der Waals surface area (Å²) in [6, 6.07) is 16.0. The third-order valence-electron chi connectivity index (χ3n) is 4.80. The highest BCUT2D eigenvalue weighted by atomic mass is 16.1. The number of aromatic nitrogens is 3. The summed E-state index contributed by atoms with van der Waals surface area (Å²) in [5.41, 5.74) is 2.47. The molecule has 138 valence electrons. The molecule has 27 heavy (non-hydrogen) atoms. The second-order valence-electron chi connectivity index (χ2n) is 6.57. The van der Waals surface area contributed by atoms with E-state index in [9.17, 15) is 4.79 Å². The van der Waals surface area contributed by atoms with Gasteiger partial charge in [0.25, 0.3) is 0 Å². The minimum atomic E-state index is -0.197. The van der Waals surface area contributed by atoms with Gasteiger partial charge in [-0.15, -0.1) is 0 Å². The van der Waals surface area contributed by atoms with Crippen molar-refractivity contribution in [1.29, 1.82) is 0 Å². The van der Waals surface area contributed by atoms with Crippen molar-refractivity contribution >= 4 is 11.6 Å². The number of rotatable bonds is 4. The van der Waals surface area contributed by atoms with Gasteiger partial charge in [-0.25, -0.2) is 9.97 Å². The number of carbonyl (C=O) groups excluding carboxylic acids is 1. The van der Waals surface area contributed by atoms with E-state index in [1.54, 1.807) is 24.5 Å². The summed E-state index contributed by atoms with van der Waals surface area (Å²) in [7, 11) is 0. The summed E-state index contributed by atoms with van der Waals surface area (Å²) in [5, 5.41) is 3.55. The topological polar surface area (TPSA) is 71.0 Å². The van der Waals surface area contributed by atoms with Gasteiger partial charge in [0.15, 0.2) is 0 Å². The number of hydrogen-bond acceptors (Lipinski definition) is 6. The van der Waals surface area contributed by atoms with Gasteiger partial charge in [0, 0.05) is 50.8 Å². The van der Waals surface area contributed by atoms with Crippen LogP contribution in [0.2, 0.25) is 0 Å². The summed E-state index contributed by atoms with van der Waals surface area (Å²) in [5.74, 6) is 0.785. The number of aryl methyl sites for hydroxylation is 1. The molecule has 2 aromatic heterocycles. The number of pyridine rings is 1. The van der Waals surface area contributed by atoms with E-state index in [1.165, 1.54) is 5.56 Å². The lowest BCUT2D eigenvalue weighted by Crippen LogP contribution is -2.46. The number of ketones is 1. The van der Waals surface area contributed by atoms with Crippen LogP contribution < -0.4 is 10.2 Å². The molecule has 1 atom stereocenters. The van der Waals surface area contributed by atoms with Crippen molar-refractivity contribution in [2.45, 2.75) is 13.0 Å². The molecule has 6 heteroatoms. The molecule has 1 aliphatic heterocycles. The average Bonchev–Trinajstić information content (AvgIpc) is 2.74. The molecule has 3 heterocycles.